The fourth-order valence-electron chi connectivity index (χ4n) is 4.05. The highest BCUT2D eigenvalue weighted by atomic mass is 16.6. The van der Waals surface area contributed by atoms with E-state index in [9.17, 15) is 4.79 Å². The Morgan fingerprint density at radius 2 is 1.91 bits per heavy atom. The largest absolute Gasteiger partial charge is 0.459 e. The quantitative estimate of drug-likeness (QED) is 0.790. The lowest BCUT2D eigenvalue weighted by Crippen LogP contribution is -2.40. The van der Waals surface area contributed by atoms with Crippen LogP contribution in [-0.4, -0.2) is 30.8 Å². The first kappa shape index (κ1) is 17.7. The minimum atomic E-state index is -0.473. The molecule has 2 N–H and O–H groups in total. The molecule has 4 nitrogen and oxygen atoms in total. The molecule has 4 unspecified atom stereocenters. The molecule has 0 aromatic heterocycles. The fourth-order valence-corrected chi connectivity index (χ4v) is 4.05. The summed E-state index contributed by atoms with van der Waals surface area (Å²) in [6, 6.07) is -0.473. The number of rotatable bonds is 5. The Labute approximate surface area is 135 Å². The predicted octanol–water partition coefficient (Wildman–Crippen LogP) is 3.42. The predicted molar refractivity (Wildman–Crippen MR) is 87.5 cm³/mol. The van der Waals surface area contributed by atoms with E-state index in [1.165, 1.54) is 32.1 Å². The molecule has 0 aromatic carbocycles. The van der Waals surface area contributed by atoms with Gasteiger partial charge < -0.3 is 15.2 Å². The monoisotopic (exact) mass is 311 g/mol. The summed E-state index contributed by atoms with van der Waals surface area (Å²) >= 11 is 0. The fraction of sp³-hybridized carbons (Fsp3) is 0.944. The summed E-state index contributed by atoms with van der Waals surface area (Å²) in [6.07, 6.45) is 10.3. The Balaban J connectivity index is 2.06. The number of ether oxygens (including phenoxy) is 2. The van der Waals surface area contributed by atoms with Gasteiger partial charge in [-0.25, -0.2) is 0 Å². The summed E-state index contributed by atoms with van der Waals surface area (Å²) in [6.45, 7) is 4.82. The first-order chi connectivity index (χ1) is 10.6. The van der Waals surface area contributed by atoms with E-state index in [0.717, 1.165) is 38.2 Å². The molecule has 2 fully saturated rings. The first-order valence-corrected chi connectivity index (χ1v) is 9.19. The molecule has 0 amide bonds. The van der Waals surface area contributed by atoms with Gasteiger partial charge in [0.1, 0.15) is 12.1 Å². The van der Waals surface area contributed by atoms with Crippen molar-refractivity contribution < 1.29 is 14.3 Å². The highest BCUT2D eigenvalue weighted by molar-refractivity contribution is 5.75. The van der Waals surface area contributed by atoms with Crippen LogP contribution < -0.4 is 5.73 Å². The van der Waals surface area contributed by atoms with E-state index in [2.05, 4.69) is 6.92 Å². The van der Waals surface area contributed by atoms with E-state index < -0.39 is 6.04 Å². The average Bonchev–Trinajstić information content (AvgIpc) is 3.00. The third kappa shape index (κ3) is 4.95. The van der Waals surface area contributed by atoms with Crippen LogP contribution in [0.1, 0.15) is 71.6 Å². The molecule has 1 saturated carbocycles. The van der Waals surface area contributed by atoms with Crippen molar-refractivity contribution in [1.82, 2.24) is 0 Å². The third-order valence-corrected chi connectivity index (χ3v) is 5.25. The van der Waals surface area contributed by atoms with Crippen LogP contribution in [0.3, 0.4) is 0 Å². The van der Waals surface area contributed by atoms with Crippen molar-refractivity contribution in [3.8, 4) is 0 Å². The summed E-state index contributed by atoms with van der Waals surface area (Å²) in [4.78, 5) is 12.0. The maximum absolute atomic E-state index is 12.0. The number of carbonyl (C=O) groups is 1. The van der Waals surface area contributed by atoms with Crippen LogP contribution in [-0.2, 0) is 14.3 Å². The van der Waals surface area contributed by atoms with Gasteiger partial charge in [-0.3, -0.25) is 4.79 Å². The van der Waals surface area contributed by atoms with Crippen molar-refractivity contribution in [1.29, 1.82) is 0 Å². The summed E-state index contributed by atoms with van der Waals surface area (Å²) in [5, 5.41) is 0. The van der Waals surface area contributed by atoms with Crippen LogP contribution in [0.4, 0.5) is 0 Å². The minimum absolute atomic E-state index is 0.0230. The molecule has 1 heterocycles. The Bertz CT molecular complexity index is 341. The number of nitrogens with two attached hydrogens (primary N) is 1. The van der Waals surface area contributed by atoms with Crippen molar-refractivity contribution in [2.45, 2.75) is 89.9 Å². The second-order valence-electron chi connectivity index (χ2n) is 7.16. The Kier molecular flexibility index (Phi) is 7.16. The summed E-state index contributed by atoms with van der Waals surface area (Å²) in [5.41, 5.74) is 5.92. The lowest BCUT2D eigenvalue weighted by atomic mass is 9.84. The van der Waals surface area contributed by atoms with Gasteiger partial charge in [-0.2, -0.15) is 0 Å². The zero-order chi connectivity index (χ0) is 15.9. The maximum atomic E-state index is 12.0. The maximum Gasteiger partial charge on any atom is 0.323 e. The molecule has 1 aliphatic heterocycles. The zero-order valence-electron chi connectivity index (χ0n) is 14.3. The van der Waals surface area contributed by atoms with Crippen LogP contribution in [0.2, 0.25) is 0 Å². The van der Waals surface area contributed by atoms with E-state index in [-0.39, 0.29) is 18.2 Å². The second kappa shape index (κ2) is 8.88. The average molecular weight is 311 g/mol. The molecule has 0 aromatic rings. The van der Waals surface area contributed by atoms with Crippen LogP contribution >= 0.6 is 0 Å². The minimum Gasteiger partial charge on any atom is -0.459 e. The van der Waals surface area contributed by atoms with Crippen molar-refractivity contribution in [3.05, 3.63) is 0 Å². The first-order valence-electron chi connectivity index (χ1n) is 9.19. The van der Waals surface area contributed by atoms with E-state index in [1.54, 1.807) is 0 Å². The van der Waals surface area contributed by atoms with Crippen molar-refractivity contribution in [3.63, 3.8) is 0 Å². The Morgan fingerprint density at radius 3 is 2.59 bits per heavy atom. The van der Waals surface area contributed by atoms with Crippen molar-refractivity contribution in [2.24, 2.45) is 17.6 Å². The van der Waals surface area contributed by atoms with Gasteiger partial charge in [0.2, 0.25) is 0 Å². The molecule has 4 atom stereocenters. The second-order valence-corrected chi connectivity index (χ2v) is 7.16. The van der Waals surface area contributed by atoms with Crippen molar-refractivity contribution >= 4 is 5.97 Å². The van der Waals surface area contributed by atoms with Gasteiger partial charge in [0.25, 0.3) is 0 Å². The van der Waals surface area contributed by atoms with Crippen LogP contribution in [0, 0.1) is 11.8 Å². The van der Waals surface area contributed by atoms with E-state index in [1.807, 2.05) is 6.92 Å². The number of hydrogen-bond acceptors (Lipinski definition) is 4. The molecule has 1 aliphatic carbocycles. The van der Waals surface area contributed by atoms with Gasteiger partial charge in [0.05, 0.1) is 6.10 Å². The molecule has 22 heavy (non-hydrogen) atoms. The number of carbonyl (C=O) groups excluding carboxylic acids is 1. The van der Waals surface area contributed by atoms with Gasteiger partial charge >= 0.3 is 5.97 Å². The van der Waals surface area contributed by atoms with E-state index >= 15 is 0 Å². The molecule has 0 bridgehead atoms. The molecule has 1 saturated heterocycles. The van der Waals surface area contributed by atoms with Crippen LogP contribution in [0.15, 0.2) is 0 Å². The standard InChI is InChI=1S/C18H33NO3/c1-3-11-21-17-13(2)22-18(20)16(19)10-6-9-15(17)12-14-7-4-5-8-14/h13-17H,3-12,19H2,1-2H3. The lowest BCUT2D eigenvalue weighted by molar-refractivity contribution is -0.160. The third-order valence-electron chi connectivity index (χ3n) is 5.25. The number of esters is 1. The molecule has 4 heteroatoms. The highest BCUT2D eigenvalue weighted by Crippen LogP contribution is 2.35. The molecule has 2 aliphatic rings. The SMILES string of the molecule is CCCOC1C(CC2CCCC2)CCCC(N)C(=O)OC1C. The molecule has 0 radical (unpaired) electrons. The molecule has 128 valence electrons. The topological polar surface area (TPSA) is 61.5 Å². The van der Waals surface area contributed by atoms with Gasteiger partial charge in [-0.05, 0) is 44.4 Å². The molecular weight excluding hydrogens is 278 g/mol. The Hall–Kier alpha value is -0.610. The summed E-state index contributed by atoms with van der Waals surface area (Å²) in [5.74, 6) is 1.05. The lowest BCUT2D eigenvalue weighted by Gasteiger charge is -2.32. The molecular formula is C18H33NO3. The Morgan fingerprint density at radius 1 is 1.18 bits per heavy atom. The number of hydrogen-bond donors (Lipinski definition) is 1. The van der Waals surface area contributed by atoms with Gasteiger partial charge in [-0.15, -0.1) is 0 Å². The highest BCUT2D eigenvalue weighted by Gasteiger charge is 2.34. The normalized spacial score (nSPS) is 34.8. The van der Waals surface area contributed by atoms with Gasteiger partial charge in [-0.1, -0.05) is 39.0 Å². The van der Waals surface area contributed by atoms with Crippen molar-refractivity contribution in [2.75, 3.05) is 6.61 Å². The van der Waals surface area contributed by atoms with Crippen LogP contribution in [0.5, 0.6) is 0 Å². The van der Waals surface area contributed by atoms with Gasteiger partial charge in [0, 0.05) is 6.61 Å². The van der Waals surface area contributed by atoms with Gasteiger partial charge in [0.15, 0.2) is 0 Å². The summed E-state index contributed by atoms with van der Waals surface area (Å²) < 4.78 is 11.7. The molecule has 2 rings (SSSR count). The van der Waals surface area contributed by atoms with E-state index in [4.69, 9.17) is 15.2 Å². The van der Waals surface area contributed by atoms with E-state index in [0.29, 0.717) is 5.92 Å². The zero-order valence-corrected chi connectivity index (χ0v) is 14.3. The smallest absolute Gasteiger partial charge is 0.323 e. The number of cyclic esters (lactones) is 1. The summed E-state index contributed by atoms with van der Waals surface area (Å²) in [7, 11) is 0. The van der Waals surface area contributed by atoms with Crippen LogP contribution in [0.25, 0.3) is 0 Å². The molecule has 0 spiro atoms.